The molecule has 0 bridgehead atoms. The molecule has 6 aromatic rings. The number of rotatable bonds is 6. The third kappa shape index (κ3) is 6.72. The predicted octanol–water partition coefficient (Wildman–Crippen LogP) is 15.4. The summed E-state index contributed by atoms with van der Waals surface area (Å²) in [5.41, 5.74) is 18.4. The highest BCUT2D eigenvalue weighted by Crippen LogP contribution is 2.51. The maximum absolute atomic E-state index is 2.52. The normalized spacial score (nSPS) is 15.5. The first-order chi connectivity index (χ1) is 25.8. The van der Waals surface area contributed by atoms with Crippen molar-refractivity contribution in [3.05, 3.63) is 161 Å². The highest BCUT2D eigenvalue weighted by molar-refractivity contribution is 5.91. The van der Waals surface area contributed by atoms with Crippen molar-refractivity contribution in [2.24, 2.45) is 0 Å². The van der Waals surface area contributed by atoms with Crippen molar-refractivity contribution in [1.82, 2.24) is 0 Å². The highest BCUT2D eigenvalue weighted by Gasteiger charge is 2.36. The standard InChI is InChI=1S/C53H57N/c1-51(2,3)41-31-40(32-42(34-41)52(4,5)6)37-23-26-43(27-24-37)54(44-28-29-46-45-21-15-16-22-48(45)53(7,8)49(46)35-44)50-30-25-39(36-17-11-9-12-18-36)33-47(50)38-19-13-10-14-20-38/h10,13-16,19-36H,9,11-12,17-18H2,1-8H3. The molecule has 0 radical (unpaired) electrons. The maximum atomic E-state index is 2.52. The molecule has 1 saturated carbocycles. The molecule has 6 aromatic carbocycles. The van der Waals surface area contributed by atoms with E-state index in [0.717, 1.165) is 5.69 Å². The van der Waals surface area contributed by atoms with Crippen LogP contribution < -0.4 is 4.90 Å². The predicted molar refractivity (Wildman–Crippen MR) is 233 cm³/mol. The fourth-order valence-electron chi connectivity index (χ4n) is 9.01. The first-order valence-electron chi connectivity index (χ1n) is 20.3. The molecule has 274 valence electrons. The lowest BCUT2D eigenvalue weighted by Crippen LogP contribution is -2.17. The van der Waals surface area contributed by atoms with Gasteiger partial charge in [0.05, 0.1) is 5.69 Å². The molecule has 8 rings (SSSR count). The molecule has 0 unspecified atom stereocenters. The molecule has 1 fully saturated rings. The van der Waals surface area contributed by atoms with Crippen LogP contribution in [0.5, 0.6) is 0 Å². The van der Waals surface area contributed by atoms with Gasteiger partial charge in [0.1, 0.15) is 0 Å². The van der Waals surface area contributed by atoms with Crippen LogP contribution in [-0.2, 0) is 16.2 Å². The van der Waals surface area contributed by atoms with Crippen LogP contribution in [0.3, 0.4) is 0 Å². The van der Waals surface area contributed by atoms with E-state index >= 15 is 0 Å². The van der Waals surface area contributed by atoms with Gasteiger partial charge < -0.3 is 4.90 Å². The zero-order valence-electron chi connectivity index (χ0n) is 33.8. The van der Waals surface area contributed by atoms with Gasteiger partial charge in [-0.15, -0.1) is 0 Å². The van der Waals surface area contributed by atoms with E-state index in [4.69, 9.17) is 0 Å². The van der Waals surface area contributed by atoms with Crippen molar-refractivity contribution in [3.63, 3.8) is 0 Å². The van der Waals surface area contributed by atoms with E-state index in [2.05, 4.69) is 194 Å². The van der Waals surface area contributed by atoms with Gasteiger partial charge in [0.25, 0.3) is 0 Å². The largest absolute Gasteiger partial charge is 0.310 e. The van der Waals surface area contributed by atoms with Gasteiger partial charge >= 0.3 is 0 Å². The van der Waals surface area contributed by atoms with E-state index in [0.29, 0.717) is 5.92 Å². The van der Waals surface area contributed by atoms with Crippen molar-refractivity contribution < 1.29 is 0 Å². The van der Waals surface area contributed by atoms with E-state index in [9.17, 15) is 0 Å². The maximum Gasteiger partial charge on any atom is 0.0540 e. The van der Waals surface area contributed by atoms with Gasteiger partial charge in [-0.1, -0.05) is 172 Å². The van der Waals surface area contributed by atoms with Crippen LogP contribution >= 0.6 is 0 Å². The Kier molecular flexibility index (Phi) is 9.20. The average molecular weight is 708 g/mol. The van der Waals surface area contributed by atoms with Crippen molar-refractivity contribution in [1.29, 1.82) is 0 Å². The number of benzene rings is 6. The Morgan fingerprint density at radius 3 is 1.76 bits per heavy atom. The van der Waals surface area contributed by atoms with Crippen LogP contribution in [0.15, 0.2) is 133 Å². The van der Waals surface area contributed by atoms with Crippen molar-refractivity contribution in [3.8, 4) is 33.4 Å². The summed E-state index contributed by atoms with van der Waals surface area (Å²) in [4.78, 5) is 2.52. The molecule has 0 amide bonds. The quantitative estimate of drug-likeness (QED) is 0.167. The van der Waals surface area contributed by atoms with Crippen molar-refractivity contribution in [2.45, 2.75) is 110 Å². The lowest BCUT2D eigenvalue weighted by molar-refractivity contribution is 0.444. The number of nitrogens with zero attached hydrogens (tertiary/aromatic N) is 1. The van der Waals surface area contributed by atoms with Gasteiger partial charge in [-0.25, -0.2) is 0 Å². The molecule has 0 N–H and O–H groups in total. The molecule has 0 aliphatic heterocycles. The summed E-state index contributed by atoms with van der Waals surface area (Å²) >= 11 is 0. The Morgan fingerprint density at radius 1 is 0.481 bits per heavy atom. The molecule has 2 aliphatic carbocycles. The molecule has 54 heavy (non-hydrogen) atoms. The third-order valence-corrected chi connectivity index (χ3v) is 12.4. The minimum absolute atomic E-state index is 0.0609. The summed E-state index contributed by atoms with van der Waals surface area (Å²) in [6.45, 7) is 18.7. The highest BCUT2D eigenvalue weighted by atomic mass is 15.1. The second kappa shape index (κ2) is 13.8. The molecule has 0 atom stereocenters. The lowest BCUT2D eigenvalue weighted by Gasteiger charge is -2.31. The first kappa shape index (κ1) is 36.1. The Hall–Kier alpha value is -4.88. The van der Waals surface area contributed by atoms with Gasteiger partial charge in [-0.2, -0.15) is 0 Å². The first-order valence-corrected chi connectivity index (χ1v) is 20.3. The zero-order chi connectivity index (χ0) is 37.8. The Balaban J connectivity index is 1.30. The van der Waals surface area contributed by atoms with Gasteiger partial charge in [0.2, 0.25) is 0 Å². The van der Waals surface area contributed by atoms with Crippen LogP contribution in [0.4, 0.5) is 17.1 Å². The zero-order valence-corrected chi connectivity index (χ0v) is 33.8. The van der Waals surface area contributed by atoms with Crippen molar-refractivity contribution in [2.75, 3.05) is 4.90 Å². The minimum atomic E-state index is -0.0899. The smallest absolute Gasteiger partial charge is 0.0540 e. The van der Waals surface area contributed by atoms with E-state index in [1.54, 1.807) is 0 Å². The summed E-state index contributed by atoms with van der Waals surface area (Å²) in [6, 6.07) is 51.1. The number of anilines is 3. The number of hydrogen-bond acceptors (Lipinski definition) is 1. The molecule has 2 aliphatic rings. The average Bonchev–Trinajstić information content (AvgIpc) is 3.40. The van der Waals surface area contributed by atoms with Crippen LogP contribution in [0.25, 0.3) is 33.4 Å². The van der Waals surface area contributed by atoms with Crippen LogP contribution in [0.2, 0.25) is 0 Å². The summed E-state index contributed by atoms with van der Waals surface area (Å²) in [5, 5.41) is 0. The van der Waals surface area contributed by atoms with Gasteiger partial charge in [0, 0.05) is 22.4 Å². The number of fused-ring (bicyclic) bond motifs is 3. The molecule has 0 aromatic heterocycles. The van der Waals surface area contributed by atoms with Gasteiger partial charge in [-0.05, 0) is 122 Å². The van der Waals surface area contributed by atoms with E-state index < -0.39 is 0 Å². The summed E-state index contributed by atoms with van der Waals surface area (Å²) in [6.07, 6.45) is 6.59. The van der Waals surface area contributed by atoms with E-state index in [1.807, 2.05) is 0 Å². The molecule has 0 saturated heterocycles. The Labute approximate surface area is 325 Å². The molecular formula is C53H57N. The fraction of sp³-hybridized carbons (Fsp3) is 0.321. The summed E-state index contributed by atoms with van der Waals surface area (Å²) < 4.78 is 0. The molecular weight excluding hydrogens is 651 g/mol. The van der Waals surface area contributed by atoms with Crippen LogP contribution in [-0.4, -0.2) is 0 Å². The van der Waals surface area contributed by atoms with Crippen LogP contribution in [0, 0.1) is 0 Å². The second-order valence-corrected chi connectivity index (χ2v) is 18.6. The molecule has 1 heteroatoms. The van der Waals surface area contributed by atoms with Gasteiger partial charge in [0.15, 0.2) is 0 Å². The second-order valence-electron chi connectivity index (χ2n) is 18.6. The van der Waals surface area contributed by atoms with Crippen LogP contribution in [0.1, 0.15) is 121 Å². The minimum Gasteiger partial charge on any atom is -0.310 e. The lowest BCUT2D eigenvalue weighted by atomic mass is 9.79. The monoisotopic (exact) mass is 707 g/mol. The summed E-state index contributed by atoms with van der Waals surface area (Å²) in [5.74, 6) is 0.629. The topological polar surface area (TPSA) is 3.24 Å². The number of hydrogen-bond donors (Lipinski definition) is 0. The summed E-state index contributed by atoms with van der Waals surface area (Å²) in [7, 11) is 0. The van der Waals surface area contributed by atoms with Gasteiger partial charge in [-0.3, -0.25) is 0 Å². The Bertz CT molecular complexity index is 2250. The molecule has 0 spiro atoms. The fourth-order valence-corrected chi connectivity index (χ4v) is 9.01. The van der Waals surface area contributed by atoms with Crippen molar-refractivity contribution >= 4 is 17.1 Å². The molecule has 1 nitrogen and oxygen atoms in total. The SMILES string of the molecule is CC(C)(C)c1cc(-c2ccc(N(c3ccc4c(c3)C(C)(C)c3ccccc3-4)c3ccc(C4CCCCC4)cc3-c3ccccc3)cc2)cc(C(C)(C)C)c1. The third-order valence-electron chi connectivity index (χ3n) is 12.4. The Morgan fingerprint density at radius 2 is 1.09 bits per heavy atom. The molecule has 0 heterocycles. The van der Waals surface area contributed by atoms with E-state index in [-0.39, 0.29) is 16.2 Å². The van der Waals surface area contributed by atoms with E-state index in [1.165, 1.54) is 105 Å².